The van der Waals surface area contributed by atoms with Gasteiger partial charge in [0.25, 0.3) is 0 Å². The molecule has 0 radical (unpaired) electrons. The molecule has 78 valence electrons. The first-order valence-corrected chi connectivity index (χ1v) is 6.44. The van der Waals surface area contributed by atoms with Crippen LogP contribution >= 0.6 is 0 Å². The van der Waals surface area contributed by atoms with Gasteiger partial charge in [0.05, 0.1) is 5.75 Å². The molecule has 4 nitrogen and oxygen atoms in total. The monoisotopic (exact) mass is 206 g/mol. The molecule has 3 N–H and O–H groups in total. The highest BCUT2D eigenvalue weighted by molar-refractivity contribution is 7.89. The lowest BCUT2D eigenvalue weighted by molar-refractivity contribution is 0.495. The molecule has 1 aliphatic rings. The van der Waals surface area contributed by atoms with Gasteiger partial charge in [-0.2, -0.15) is 0 Å². The maximum Gasteiger partial charge on any atom is 0.209 e. The summed E-state index contributed by atoms with van der Waals surface area (Å²) in [5.41, 5.74) is 0. The van der Waals surface area contributed by atoms with Gasteiger partial charge in [0.1, 0.15) is 0 Å². The molecule has 0 aliphatic heterocycles. The molecule has 1 atom stereocenters. The Kier molecular flexibility index (Phi) is 3.70. The smallest absolute Gasteiger partial charge is 0.209 e. The molecule has 0 aromatic carbocycles. The summed E-state index contributed by atoms with van der Waals surface area (Å²) in [5.74, 6) is 0.895. The fourth-order valence-electron chi connectivity index (χ4n) is 1.37. The number of hydrogen-bond acceptors (Lipinski definition) is 3. The lowest BCUT2D eigenvalue weighted by Gasteiger charge is -2.11. The van der Waals surface area contributed by atoms with Crippen LogP contribution in [0.1, 0.15) is 26.2 Å². The Morgan fingerprint density at radius 1 is 1.54 bits per heavy atom. The first-order chi connectivity index (χ1) is 5.99. The summed E-state index contributed by atoms with van der Waals surface area (Å²) in [6.07, 6.45) is 3.22. The average Bonchev–Trinajstić information content (AvgIpc) is 2.77. The first-order valence-electron chi connectivity index (χ1n) is 4.73. The van der Waals surface area contributed by atoms with Crippen molar-refractivity contribution in [2.24, 2.45) is 11.1 Å². The standard InChI is InChI=1S/C8H18N2O2S/c1-7(8-3-4-8)10-5-2-6-13(9,11)12/h7-8,10H,2-6H2,1H3,(H2,9,11,12). The van der Waals surface area contributed by atoms with Crippen molar-refractivity contribution in [3.8, 4) is 0 Å². The van der Waals surface area contributed by atoms with Crippen molar-refractivity contribution < 1.29 is 8.42 Å². The van der Waals surface area contributed by atoms with Gasteiger partial charge < -0.3 is 5.32 Å². The maximum absolute atomic E-state index is 10.6. The Labute approximate surface area is 79.9 Å². The zero-order valence-electron chi connectivity index (χ0n) is 7.99. The number of sulfonamides is 1. The van der Waals surface area contributed by atoms with E-state index >= 15 is 0 Å². The predicted octanol–water partition coefficient (Wildman–Crippen LogP) is 0.0531. The Bertz CT molecular complexity index is 247. The quantitative estimate of drug-likeness (QED) is 0.603. The molecule has 1 fully saturated rings. The highest BCUT2D eigenvalue weighted by Gasteiger charge is 2.27. The van der Waals surface area contributed by atoms with Crippen molar-refractivity contribution in [2.75, 3.05) is 12.3 Å². The Hall–Kier alpha value is -0.130. The summed E-state index contributed by atoms with van der Waals surface area (Å²) in [7, 11) is -3.27. The van der Waals surface area contributed by atoms with Crippen LogP contribution in [0.15, 0.2) is 0 Å². The molecule has 1 saturated carbocycles. The van der Waals surface area contributed by atoms with Crippen LogP contribution < -0.4 is 10.5 Å². The minimum Gasteiger partial charge on any atom is -0.314 e. The molecule has 5 heteroatoms. The third kappa shape index (κ3) is 5.23. The van der Waals surface area contributed by atoms with Gasteiger partial charge >= 0.3 is 0 Å². The topological polar surface area (TPSA) is 72.2 Å². The Morgan fingerprint density at radius 3 is 2.62 bits per heavy atom. The van der Waals surface area contributed by atoms with E-state index in [9.17, 15) is 8.42 Å². The molecular formula is C8H18N2O2S. The second-order valence-electron chi connectivity index (χ2n) is 3.80. The highest BCUT2D eigenvalue weighted by atomic mass is 32.2. The number of rotatable bonds is 6. The molecular weight excluding hydrogens is 188 g/mol. The van der Waals surface area contributed by atoms with Gasteiger partial charge in [-0.1, -0.05) is 0 Å². The second-order valence-corrected chi connectivity index (χ2v) is 5.53. The van der Waals surface area contributed by atoms with Crippen molar-refractivity contribution in [3.63, 3.8) is 0 Å². The van der Waals surface area contributed by atoms with E-state index in [1.165, 1.54) is 12.8 Å². The largest absolute Gasteiger partial charge is 0.314 e. The maximum atomic E-state index is 10.6. The summed E-state index contributed by atoms with van der Waals surface area (Å²) in [4.78, 5) is 0. The van der Waals surface area contributed by atoms with Gasteiger partial charge in [0.15, 0.2) is 0 Å². The van der Waals surface area contributed by atoms with E-state index in [-0.39, 0.29) is 5.75 Å². The third-order valence-electron chi connectivity index (χ3n) is 2.40. The Morgan fingerprint density at radius 2 is 2.15 bits per heavy atom. The van der Waals surface area contributed by atoms with E-state index in [2.05, 4.69) is 12.2 Å². The number of nitrogens with one attached hydrogen (secondary N) is 1. The first kappa shape index (κ1) is 10.9. The van der Waals surface area contributed by atoms with Crippen molar-refractivity contribution in [1.29, 1.82) is 0 Å². The van der Waals surface area contributed by atoms with E-state index in [0.717, 1.165) is 12.5 Å². The van der Waals surface area contributed by atoms with Crippen LogP contribution in [0.4, 0.5) is 0 Å². The molecule has 0 spiro atoms. The van der Waals surface area contributed by atoms with Crippen LogP contribution in [-0.4, -0.2) is 26.8 Å². The van der Waals surface area contributed by atoms with Crippen LogP contribution in [-0.2, 0) is 10.0 Å². The molecule has 0 saturated heterocycles. The number of hydrogen-bond donors (Lipinski definition) is 2. The minimum atomic E-state index is -3.27. The third-order valence-corrected chi connectivity index (χ3v) is 3.26. The van der Waals surface area contributed by atoms with Crippen LogP contribution in [0.25, 0.3) is 0 Å². The predicted molar refractivity (Wildman–Crippen MR) is 52.8 cm³/mol. The van der Waals surface area contributed by atoms with Gasteiger partial charge in [0.2, 0.25) is 10.0 Å². The number of primary sulfonamides is 1. The normalized spacial score (nSPS) is 20.2. The van der Waals surface area contributed by atoms with Gasteiger partial charge in [-0.05, 0) is 38.6 Å². The second kappa shape index (κ2) is 4.39. The zero-order chi connectivity index (χ0) is 9.90. The van der Waals surface area contributed by atoms with Crippen LogP contribution in [0.2, 0.25) is 0 Å². The van der Waals surface area contributed by atoms with Gasteiger partial charge in [-0.3, -0.25) is 0 Å². The molecule has 0 heterocycles. The fourth-order valence-corrected chi connectivity index (χ4v) is 1.91. The van der Waals surface area contributed by atoms with E-state index in [4.69, 9.17) is 5.14 Å². The molecule has 1 aliphatic carbocycles. The van der Waals surface area contributed by atoms with Crippen molar-refractivity contribution in [3.05, 3.63) is 0 Å². The summed E-state index contributed by atoms with van der Waals surface area (Å²) in [6.45, 7) is 2.89. The summed E-state index contributed by atoms with van der Waals surface area (Å²) in [5, 5.41) is 8.17. The molecule has 0 aromatic rings. The van der Waals surface area contributed by atoms with E-state index in [1.54, 1.807) is 0 Å². The van der Waals surface area contributed by atoms with E-state index in [1.807, 2.05) is 0 Å². The summed E-state index contributed by atoms with van der Waals surface area (Å²) < 4.78 is 21.1. The van der Waals surface area contributed by atoms with Gasteiger partial charge in [0, 0.05) is 6.04 Å². The molecule has 0 amide bonds. The van der Waals surface area contributed by atoms with Crippen LogP contribution in [0.5, 0.6) is 0 Å². The SMILES string of the molecule is CC(NCCCS(N)(=O)=O)C1CC1. The summed E-state index contributed by atoms with van der Waals surface area (Å²) in [6, 6.07) is 0.528. The minimum absolute atomic E-state index is 0.0807. The molecule has 1 rings (SSSR count). The van der Waals surface area contributed by atoms with Gasteiger partial charge in [-0.25, -0.2) is 13.6 Å². The molecule has 0 aromatic heterocycles. The average molecular weight is 206 g/mol. The van der Waals surface area contributed by atoms with Crippen molar-refractivity contribution in [1.82, 2.24) is 5.32 Å². The van der Waals surface area contributed by atoms with Crippen molar-refractivity contribution >= 4 is 10.0 Å². The zero-order valence-corrected chi connectivity index (χ0v) is 8.81. The van der Waals surface area contributed by atoms with Gasteiger partial charge in [-0.15, -0.1) is 0 Å². The molecule has 1 unspecified atom stereocenters. The van der Waals surface area contributed by atoms with Crippen LogP contribution in [0, 0.1) is 5.92 Å². The number of nitrogens with two attached hydrogens (primary N) is 1. The summed E-state index contributed by atoms with van der Waals surface area (Å²) >= 11 is 0. The fraction of sp³-hybridized carbons (Fsp3) is 1.00. The van der Waals surface area contributed by atoms with E-state index in [0.29, 0.717) is 12.5 Å². The van der Waals surface area contributed by atoms with Crippen molar-refractivity contribution in [2.45, 2.75) is 32.2 Å². The van der Waals surface area contributed by atoms with E-state index < -0.39 is 10.0 Å². The lowest BCUT2D eigenvalue weighted by atomic mass is 10.2. The molecule has 13 heavy (non-hydrogen) atoms. The lowest BCUT2D eigenvalue weighted by Crippen LogP contribution is -2.30. The Balaban J connectivity index is 2.00. The van der Waals surface area contributed by atoms with Crippen LogP contribution in [0.3, 0.4) is 0 Å². The molecule has 0 bridgehead atoms. The highest BCUT2D eigenvalue weighted by Crippen LogP contribution is 2.32.